The maximum Gasteiger partial charge on any atom is 0.303 e. The summed E-state index contributed by atoms with van der Waals surface area (Å²) in [5, 5.41) is 19.4. The van der Waals surface area contributed by atoms with Gasteiger partial charge < -0.3 is 19.4 Å². The van der Waals surface area contributed by atoms with E-state index in [9.17, 15) is 15.0 Å². The van der Waals surface area contributed by atoms with Crippen LogP contribution in [-0.2, 0) is 9.53 Å². The molecule has 122 valence electrons. The first-order valence-corrected chi connectivity index (χ1v) is 7.28. The van der Waals surface area contributed by atoms with Crippen molar-refractivity contribution in [2.24, 2.45) is 0 Å². The third-order valence-corrected chi connectivity index (χ3v) is 3.29. The highest BCUT2D eigenvalue weighted by Gasteiger charge is 2.18. The standard InChI is InChI=1S/C18H20O5/c1-11(2)4-7-17(23-12(3)19)13-8-18(22-10-13)15-9-14(20)5-6-16(15)21/h4-6,8-10,17,20-21H,7H2,1-3H3/t17-/m0/s1. The van der Waals surface area contributed by atoms with Crippen LogP contribution in [0.1, 0.15) is 38.9 Å². The van der Waals surface area contributed by atoms with Crippen molar-refractivity contribution >= 4 is 5.97 Å². The molecule has 0 spiro atoms. The van der Waals surface area contributed by atoms with E-state index in [1.807, 2.05) is 19.9 Å². The number of furan rings is 1. The van der Waals surface area contributed by atoms with Crippen LogP contribution < -0.4 is 0 Å². The summed E-state index contributed by atoms with van der Waals surface area (Å²) in [4.78, 5) is 11.3. The Bertz CT molecular complexity index is 723. The van der Waals surface area contributed by atoms with E-state index in [0.717, 1.165) is 5.57 Å². The van der Waals surface area contributed by atoms with Crippen LogP contribution in [0, 0.1) is 0 Å². The zero-order valence-electron chi connectivity index (χ0n) is 13.4. The molecule has 1 aromatic carbocycles. The summed E-state index contributed by atoms with van der Waals surface area (Å²) < 4.78 is 10.8. The molecular weight excluding hydrogens is 296 g/mol. The third-order valence-electron chi connectivity index (χ3n) is 3.29. The van der Waals surface area contributed by atoms with Gasteiger partial charge in [-0.05, 0) is 38.1 Å². The van der Waals surface area contributed by atoms with Crippen LogP contribution in [0.4, 0.5) is 0 Å². The fourth-order valence-electron chi connectivity index (χ4n) is 2.18. The molecular formula is C18H20O5. The van der Waals surface area contributed by atoms with Gasteiger partial charge >= 0.3 is 5.97 Å². The fraction of sp³-hybridized carbons (Fsp3) is 0.278. The van der Waals surface area contributed by atoms with Gasteiger partial charge in [0.15, 0.2) is 0 Å². The largest absolute Gasteiger partial charge is 0.508 e. The second kappa shape index (κ2) is 7.05. The SMILES string of the molecule is CC(=O)O[C@@H](CC=C(C)C)c1coc(-c2cc(O)ccc2O)c1. The zero-order chi connectivity index (χ0) is 17.0. The molecule has 23 heavy (non-hydrogen) atoms. The normalized spacial score (nSPS) is 11.8. The Morgan fingerprint density at radius 1 is 1.26 bits per heavy atom. The summed E-state index contributed by atoms with van der Waals surface area (Å²) in [5.41, 5.74) is 2.19. The van der Waals surface area contributed by atoms with Crippen LogP contribution in [-0.4, -0.2) is 16.2 Å². The minimum atomic E-state index is -0.459. The number of rotatable bonds is 5. The predicted molar refractivity (Wildman–Crippen MR) is 86.0 cm³/mol. The molecule has 1 aromatic heterocycles. The third kappa shape index (κ3) is 4.39. The molecule has 0 aliphatic rings. The Morgan fingerprint density at radius 2 is 2.00 bits per heavy atom. The Balaban J connectivity index is 2.32. The van der Waals surface area contributed by atoms with Gasteiger partial charge in [-0.1, -0.05) is 11.6 Å². The number of phenolic OH excluding ortho intramolecular Hbond substituents is 2. The number of ether oxygens (including phenoxy) is 1. The van der Waals surface area contributed by atoms with Crippen LogP contribution >= 0.6 is 0 Å². The second-order valence-corrected chi connectivity index (χ2v) is 5.56. The lowest BCUT2D eigenvalue weighted by atomic mass is 10.1. The molecule has 0 fully saturated rings. The summed E-state index contributed by atoms with van der Waals surface area (Å²) in [6, 6.07) is 5.88. The fourth-order valence-corrected chi connectivity index (χ4v) is 2.18. The smallest absolute Gasteiger partial charge is 0.303 e. The maximum atomic E-state index is 11.3. The van der Waals surface area contributed by atoms with E-state index in [2.05, 4.69) is 0 Å². The van der Waals surface area contributed by atoms with E-state index in [4.69, 9.17) is 9.15 Å². The Hall–Kier alpha value is -2.69. The quantitative estimate of drug-likeness (QED) is 0.488. The van der Waals surface area contributed by atoms with Gasteiger partial charge in [0.05, 0.1) is 11.8 Å². The number of hydrogen-bond donors (Lipinski definition) is 2. The average molecular weight is 316 g/mol. The molecule has 0 saturated heterocycles. The van der Waals surface area contributed by atoms with Crippen molar-refractivity contribution in [1.29, 1.82) is 0 Å². The number of benzene rings is 1. The highest BCUT2D eigenvalue weighted by Crippen LogP contribution is 2.35. The van der Waals surface area contributed by atoms with E-state index >= 15 is 0 Å². The number of allylic oxidation sites excluding steroid dienone is 1. The van der Waals surface area contributed by atoms with E-state index in [0.29, 0.717) is 23.3 Å². The van der Waals surface area contributed by atoms with Crippen LogP contribution in [0.15, 0.2) is 46.6 Å². The summed E-state index contributed by atoms with van der Waals surface area (Å²) in [7, 11) is 0. The van der Waals surface area contributed by atoms with E-state index in [1.54, 1.807) is 6.07 Å². The molecule has 5 nitrogen and oxygen atoms in total. The van der Waals surface area contributed by atoms with Crippen molar-refractivity contribution in [2.75, 3.05) is 0 Å². The summed E-state index contributed by atoms with van der Waals surface area (Å²) in [6.07, 6.45) is 3.55. The topological polar surface area (TPSA) is 79.9 Å². The van der Waals surface area contributed by atoms with Gasteiger partial charge in [-0.2, -0.15) is 0 Å². The molecule has 0 unspecified atom stereocenters. The number of carbonyl (C=O) groups excluding carboxylic acids is 1. The van der Waals surface area contributed by atoms with Crippen LogP contribution in [0.3, 0.4) is 0 Å². The van der Waals surface area contributed by atoms with E-state index < -0.39 is 6.10 Å². The predicted octanol–water partition coefficient (Wildman–Crippen LogP) is 4.32. The Morgan fingerprint density at radius 3 is 2.65 bits per heavy atom. The molecule has 1 atom stereocenters. The number of phenols is 2. The molecule has 1 heterocycles. The number of esters is 1. The monoisotopic (exact) mass is 316 g/mol. The van der Waals surface area contributed by atoms with Crippen molar-refractivity contribution in [1.82, 2.24) is 0 Å². The number of carbonyl (C=O) groups is 1. The van der Waals surface area contributed by atoms with Crippen molar-refractivity contribution in [3.05, 3.63) is 47.7 Å². The van der Waals surface area contributed by atoms with Crippen LogP contribution in [0.5, 0.6) is 11.5 Å². The van der Waals surface area contributed by atoms with Gasteiger partial charge in [0, 0.05) is 18.9 Å². The molecule has 2 N–H and O–H groups in total. The molecule has 0 amide bonds. The molecule has 0 aliphatic heterocycles. The maximum absolute atomic E-state index is 11.3. The highest BCUT2D eigenvalue weighted by atomic mass is 16.5. The van der Waals surface area contributed by atoms with Crippen molar-refractivity contribution in [3.63, 3.8) is 0 Å². The molecule has 5 heteroatoms. The number of hydrogen-bond acceptors (Lipinski definition) is 5. The van der Waals surface area contributed by atoms with Crippen molar-refractivity contribution < 1.29 is 24.2 Å². The minimum absolute atomic E-state index is 0.00275. The zero-order valence-corrected chi connectivity index (χ0v) is 13.4. The first kappa shape index (κ1) is 16.7. The number of aromatic hydroxyl groups is 2. The van der Waals surface area contributed by atoms with E-state index in [1.165, 1.54) is 31.4 Å². The molecule has 0 saturated carbocycles. The van der Waals surface area contributed by atoms with Gasteiger partial charge in [-0.3, -0.25) is 4.79 Å². The minimum Gasteiger partial charge on any atom is -0.508 e. The van der Waals surface area contributed by atoms with Crippen molar-refractivity contribution in [3.8, 4) is 22.8 Å². The average Bonchev–Trinajstić information content (AvgIpc) is 2.95. The molecule has 2 rings (SSSR count). The molecule has 0 radical (unpaired) electrons. The summed E-state index contributed by atoms with van der Waals surface area (Å²) in [5.74, 6) is 0.0386. The second-order valence-electron chi connectivity index (χ2n) is 5.56. The first-order chi connectivity index (χ1) is 10.9. The lowest BCUT2D eigenvalue weighted by Crippen LogP contribution is -2.07. The van der Waals surface area contributed by atoms with E-state index in [-0.39, 0.29) is 17.5 Å². The molecule has 0 bridgehead atoms. The van der Waals surface area contributed by atoms with Crippen LogP contribution in [0.25, 0.3) is 11.3 Å². The van der Waals surface area contributed by atoms with Crippen molar-refractivity contribution in [2.45, 2.75) is 33.3 Å². The first-order valence-electron chi connectivity index (χ1n) is 7.28. The Kier molecular flexibility index (Phi) is 5.11. The van der Waals surface area contributed by atoms with Gasteiger partial charge in [-0.15, -0.1) is 0 Å². The summed E-state index contributed by atoms with van der Waals surface area (Å²) >= 11 is 0. The highest BCUT2D eigenvalue weighted by molar-refractivity contribution is 5.68. The summed E-state index contributed by atoms with van der Waals surface area (Å²) in [6.45, 7) is 5.30. The molecule has 0 aliphatic carbocycles. The Labute approximate surface area is 134 Å². The van der Waals surface area contributed by atoms with Gasteiger partial charge in [-0.25, -0.2) is 0 Å². The molecule has 2 aromatic rings. The van der Waals surface area contributed by atoms with Crippen LogP contribution in [0.2, 0.25) is 0 Å². The lowest BCUT2D eigenvalue weighted by molar-refractivity contribution is -0.146. The van der Waals surface area contributed by atoms with Gasteiger partial charge in [0.2, 0.25) is 0 Å². The van der Waals surface area contributed by atoms with Gasteiger partial charge in [0.25, 0.3) is 0 Å². The lowest BCUT2D eigenvalue weighted by Gasteiger charge is -2.13. The van der Waals surface area contributed by atoms with Gasteiger partial charge in [0.1, 0.15) is 23.4 Å².